The van der Waals surface area contributed by atoms with Gasteiger partial charge in [-0.15, -0.1) is 0 Å². The van der Waals surface area contributed by atoms with E-state index in [-0.39, 0.29) is 12.2 Å². The Bertz CT molecular complexity index is 129. The molecule has 1 fully saturated rings. The summed E-state index contributed by atoms with van der Waals surface area (Å²) in [6, 6.07) is 0. The van der Waals surface area contributed by atoms with E-state index in [9.17, 15) is 0 Å². The third kappa shape index (κ3) is 1.80. The van der Waals surface area contributed by atoms with Crippen molar-refractivity contribution in [3.8, 4) is 0 Å². The minimum atomic E-state index is -0.0718. The van der Waals surface area contributed by atoms with Crippen molar-refractivity contribution in [3.05, 3.63) is 12.2 Å². The lowest BCUT2D eigenvalue weighted by atomic mass is 10.1. The van der Waals surface area contributed by atoms with Crippen LogP contribution < -0.4 is 0 Å². The zero-order valence-corrected chi connectivity index (χ0v) is 6.29. The van der Waals surface area contributed by atoms with Crippen LogP contribution in [0.25, 0.3) is 0 Å². The van der Waals surface area contributed by atoms with E-state index in [1.165, 1.54) is 7.11 Å². The molecule has 1 aliphatic heterocycles. The van der Waals surface area contributed by atoms with Gasteiger partial charge >= 0.3 is 0 Å². The molecule has 0 aromatic rings. The lowest BCUT2D eigenvalue weighted by Crippen LogP contribution is -2.13. The summed E-state index contributed by atoms with van der Waals surface area (Å²) in [7, 11) is 1.48. The summed E-state index contributed by atoms with van der Waals surface area (Å²) in [6.07, 6.45) is 0.127. The van der Waals surface area contributed by atoms with E-state index >= 15 is 0 Å². The van der Waals surface area contributed by atoms with Crippen LogP contribution in [-0.4, -0.2) is 25.9 Å². The summed E-state index contributed by atoms with van der Waals surface area (Å²) in [6.45, 7) is 6.46. The molecule has 3 nitrogen and oxygen atoms in total. The zero-order valence-electron chi connectivity index (χ0n) is 6.29. The van der Waals surface area contributed by atoms with E-state index in [4.69, 9.17) is 9.62 Å². The summed E-state index contributed by atoms with van der Waals surface area (Å²) in [5.74, 6) is 0. The van der Waals surface area contributed by atoms with Crippen molar-refractivity contribution in [2.24, 2.45) is 0 Å². The maximum atomic E-state index is 5.00. The molecule has 1 aliphatic rings. The Labute approximate surface area is 60.5 Å². The van der Waals surface area contributed by atoms with Crippen molar-refractivity contribution in [3.63, 3.8) is 0 Å². The van der Waals surface area contributed by atoms with Crippen LogP contribution in [0.4, 0.5) is 0 Å². The van der Waals surface area contributed by atoms with Gasteiger partial charge < -0.3 is 4.74 Å². The highest BCUT2D eigenvalue weighted by Gasteiger charge is 2.29. The smallest absolute Gasteiger partial charge is 0.113 e. The van der Waals surface area contributed by atoms with Gasteiger partial charge in [0, 0.05) is 0 Å². The summed E-state index contributed by atoms with van der Waals surface area (Å²) in [4.78, 5) is 9.31. The number of hydrogen-bond donors (Lipinski definition) is 0. The van der Waals surface area contributed by atoms with Crippen molar-refractivity contribution in [1.29, 1.82) is 0 Å². The molecule has 1 saturated heterocycles. The molecular weight excluding hydrogens is 132 g/mol. The number of hydrogen-bond acceptors (Lipinski definition) is 3. The average molecular weight is 144 g/mol. The van der Waals surface area contributed by atoms with Gasteiger partial charge in [0.15, 0.2) is 0 Å². The molecule has 0 saturated carbocycles. The van der Waals surface area contributed by atoms with Crippen LogP contribution in [-0.2, 0) is 14.5 Å². The van der Waals surface area contributed by atoms with Gasteiger partial charge in [0.2, 0.25) is 0 Å². The van der Waals surface area contributed by atoms with Crippen LogP contribution in [0.3, 0.4) is 0 Å². The van der Waals surface area contributed by atoms with Crippen molar-refractivity contribution >= 4 is 0 Å². The van der Waals surface area contributed by atoms with E-state index in [2.05, 4.69) is 11.5 Å². The first-order valence-corrected chi connectivity index (χ1v) is 3.25. The lowest BCUT2D eigenvalue weighted by Gasteiger charge is -2.09. The quantitative estimate of drug-likeness (QED) is 0.254. The maximum Gasteiger partial charge on any atom is 0.113 e. The molecule has 0 aliphatic carbocycles. The third-order valence-electron chi connectivity index (χ3n) is 1.51. The Morgan fingerprint density at radius 1 is 1.80 bits per heavy atom. The largest absolute Gasteiger partial charge is 0.368 e. The molecule has 0 amide bonds. The highest BCUT2D eigenvalue weighted by Crippen LogP contribution is 2.22. The Kier molecular flexibility index (Phi) is 2.43. The normalized spacial score (nSPS) is 26.0. The summed E-state index contributed by atoms with van der Waals surface area (Å²) in [5, 5.41) is 0. The van der Waals surface area contributed by atoms with Crippen LogP contribution in [0.1, 0.15) is 6.92 Å². The molecule has 0 radical (unpaired) electrons. The van der Waals surface area contributed by atoms with E-state index < -0.39 is 0 Å². The molecule has 1 rings (SSSR count). The van der Waals surface area contributed by atoms with E-state index in [1.807, 2.05) is 6.92 Å². The van der Waals surface area contributed by atoms with Gasteiger partial charge in [0.1, 0.15) is 12.2 Å². The Morgan fingerprint density at radius 2 is 2.40 bits per heavy atom. The van der Waals surface area contributed by atoms with Crippen molar-refractivity contribution in [2.75, 3.05) is 13.7 Å². The molecule has 58 valence electrons. The molecule has 2 atom stereocenters. The van der Waals surface area contributed by atoms with Crippen LogP contribution >= 0.6 is 0 Å². The second-order valence-electron chi connectivity index (χ2n) is 2.30. The van der Waals surface area contributed by atoms with Gasteiger partial charge in [-0.05, 0) is 12.5 Å². The van der Waals surface area contributed by atoms with Crippen LogP contribution in [0.2, 0.25) is 0 Å². The van der Waals surface area contributed by atoms with E-state index in [0.717, 1.165) is 12.2 Å². The van der Waals surface area contributed by atoms with Gasteiger partial charge in [-0.25, -0.2) is 9.78 Å². The second-order valence-corrected chi connectivity index (χ2v) is 2.30. The predicted molar refractivity (Wildman–Crippen MR) is 36.4 cm³/mol. The minimum Gasteiger partial charge on any atom is -0.368 e. The molecule has 0 spiro atoms. The zero-order chi connectivity index (χ0) is 7.56. The van der Waals surface area contributed by atoms with E-state index in [0.29, 0.717) is 0 Å². The fourth-order valence-corrected chi connectivity index (χ4v) is 0.730. The highest BCUT2D eigenvalue weighted by molar-refractivity contribution is 5.12. The van der Waals surface area contributed by atoms with E-state index in [1.54, 1.807) is 0 Å². The van der Waals surface area contributed by atoms with Crippen molar-refractivity contribution in [1.82, 2.24) is 0 Å². The van der Waals surface area contributed by atoms with Gasteiger partial charge in [0.05, 0.1) is 13.7 Å². The second kappa shape index (κ2) is 3.14. The summed E-state index contributed by atoms with van der Waals surface area (Å²) in [5.41, 5.74) is 0.946. The Morgan fingerprint density at radius 3 is 2.80 bits per heavy atom. The first-order chi connectivity index (χ1) is 4.75. The molecule has 0 aromatic heterocycles. The molecule has 3 heteroatoms. The fraction of sp³-hybridized carbons (Fsp3) is 0.714. The van der Waals surface area contributed by atoms with Gasteiger partial charge in [-0.3, -0.25) is 0 Å². The first kappa shape index (κ1) is 7.72. The summed E-state index contributed by atoms with van der Waals surface area (Å²) < 4.78 is 5.00. The van der Waals surface area contributed by atoms with Gasteiger partial charge in [-0.2, -0.15) is 0 Å². The topological polar surface area (TPSA) is 31.0 Å². The molecule has 1 heterocycles. The third-order valence-corrected chi connectivity index (χ3v) is 1.51. The average Bonchev–Trinajstić information content (AvgIpc) is 2.68. The fourth-order valence-electron chi connectivity index (χ4n) is 0.730. The maximum absolute atomic E-state index is 5.00. The highest BCUT2D eigenvalue weighted by atomic mass is 17.2. The SMILES string of the molecule is C=C(C(C)OOC)C1CO1. The van der Waals surface area contributed by atoms with Crippen molar-refractivity contribution in [2.45, 2.75) is 19.1 Å². The van der Waals surface area contributed by atoms with Crippen LogP contribution in [0.5, 0.6) is 0 Å². The molecule has 0 N–H and O–H groups in total. The van der Waals surface area contributed by atoms with Crippen molar-refractivity contribution < 1.29 is 14.5 Å². The predicted octanol–water partition coefficient (Wildman–Crippen LogP) is 0.908. The lowest BCUT2D eigenvalue weighted by molar-refractivity contribution is -0.292. The molecular formula is C7H12O3. The Hall–Kier alpha value is -0.380. The Balaban J connectivity index is 2.24. The summed E-state index contributed by atoms with van der Waals surface area (Å²) >= 11 is 0. The number of epoxide rings is 1. The molecule has 0 aromatic carbocycles. The number of rotatable bonds is 4. The number of ether oxygens (including phenoxy) is 1. The standard InChI is InChI=1S/C7H12O3/c1-5(7-4-9-7)6(2)10-8-3/h6-7H,1,4H2,2-3H3. The van der Waals surface area contributed by atoms with Gasteiger partial charge in [-0.1, -0.05) is 6.58 Å². The molecule has 2 unspecified atom stereocenters. The van der Waals surface area contributed by atoms with Crippen LogP contribution in [0, 0.1) is 0 Å². The monoisotopic (exact) mass is 144 g/mol. The first-order valence-electron chi connectivity index (χ1n) is 3.25. The van der Waals surface area contributed by atoms with Crippen LogP contribution in [0.15, 0.2) is 12.2 Å². The molecule has 10 heavy (non-hydrogen) atoms. The molecule has 0 bridgehead atoms. The van der Waals surface area contributed by atoms with Gasteiger partial charge in [0.25, 0.3) is 0 Å². The minimum absolute atomic E-state index is 0.0718.